The molecule has 0 radical (unpaired) electrons. The van der Waals surface area contributed by atoms with E-state index in [2.05, 4.69) is 43.4 Å². The topological polar surface area (TPSA) is 0 Å². The molecular formula is C10H21I. The van der Waals surface area contributed by atoms with Crippen molar-refractivity contribution in [3.05, 3.63) is 0 Å². The zero-order chi connectivity index (χ0) is 8.74. The van der Waals surface area contributed by atoms with Gasteiger partial charge >= 0.3 is 0 Å². The van der Waals surface area contributed by atoms with Crippen LogP contribution in [-0.4, -0.2) is 4.43 Å². The highest BCUT2D eigenvalue weighted by atomic mass is 127. The molecule has 0 aromatic heterocycles. The Morgan fingerprint density at radius 1 is 1.09 bits per heavy atom. The number of hydrogen-bond donors (Lipinski definition) is 0. The predicted molar refractivity (Wildman–Crippen MR) is 61.4 cm³/mol. The zero-order valence-corrected chi connectivity index (χ0v) is 10.3. The van der Waals surface area contributed by atoms with E-state index in [1.165, 1.54) is 36.5 Å². The fourth-order valence-electron chi connectivity index (χ4n) is 1.23. The Hall–Kier alpha value is 0.730. The van der Waals surface area contributed by atoms with E-state index in [1.54, 1.807) is 0 Å². The maximum atomic E-state index is 2.47. The summed E-state index contributed by atoms with van der Waals surface area (Å²) in [5.41, 5.74) is 0.594. The van der Waals surface area contributed by atoms with E-state index in [4.69, 9.17) is 0 Å². The molecule has 0 rings (SSSR count). The second-order valence-corrected chi connectivity index (χ2v) is 5.14. The Balaban J connectivity index is 3.38. The highest BCUT2D eigenvalue weighted by Crippen LogP contribution is 2.28. The summed E-state index contributed by atoms with van der Waals surface area (Å²) in [6.45, 7) is 7.05. The first-order chi connectivity index (χ1) is 5.12. The van der Waals surface area contributed by atoms with E-state index in [1.807, 2.05) is 0 Å². The van der Waals surface area contributed by atoms with Crippen LogP contribution in [0, 0.1) is 5.41 Å². The molecule has 1 heteroatoms. The van der Waals surface area contributed by atoms with E-state index < -0.39 is 0 Å². The standard InChI is InChI=1S/C10H21I/c1-4-5-6-7-10(2,3)8-9-11/h4-9H2,1-3H3. The molecule has 0 aliphatic rings. The van der Waals surface area contributed by atoms with Crippen LogP contribution >= 0.6 is 22.6 Å². The number of unbranched alkanes of at least 4 members (excludes halogenated alkanes) is 2. The van der Waals surface area contributed by atoms with Gasteiger partial charge in [-0.1, -0.05) is 62.6 Å². The van der Waals surface area contributed by atoms with E-state index in [9.17, 15) is 0 Å². The molecule has 0 aromatic rings. The number of alkyl halides is 1. The van der Waals surface area contributed by atoms with E-state index in [0.717, 1.165) is 0 Å². The van der Waals surface area contributed by atoms with Gasteiger partial charge in [0.25, 0.3) is 0 Å². The summed E-state index contributed by atoms with van der Waals surface area (Å²) in [7, 11) is 0. The molecule has 11 heavy (non-hydrogen) atoms. The maximum Gasteiger partial charge on any atom is 0.0000352 e. The molecule has 0 amide bonds. The molecule has 68 valence electrons. The fourth-order valence-corrected chi connectivity index (χ4v) is 2.69. The lowest BCUT2D eigenvalue weighted by molar-refractivity contribution is 0.313. The minimum absolute atomic E-state index is 0.594. The summed E-state index contributed by atoms with van der Waals surface area (Å²) in [5.74, 6) is 0. The lowest BCUT2D eigenvalue weighted by Gasteiger charge is -2.23. The van der Waals surface area contributed by atoms with Gasteiger partial charge in [-0.25, -0.2) is 0 Å². The van der Waals surface area contributed by atoms with Gasteiger partial charge in [0.2, 0.25) is 0 Å². The summed E-state index contributed by atoms with van der Waals surface area (Å²) in [6, 6.07) is 0. The van der Waals surface area contributed by atoms with Crippen molar-refractivity contribution in [1.29, 1.82) is 0 Å². The van der Waals surface area contributed by atoms with Gasteiger partial charge in [-0.05, 0) is 18.3 Å². The minimum atomic E-state index is 0.594. The van der Waals surface area contributed by atoms with Gasteiger partial charge in [-0.15, -0.1) is 0 Å². The molecule has 0 spiro atoms. The number of hydrogen-bond acceptors (Lipinski definition) is 0. The molecule has 0 saturated carbocycles. The largest absolute Gasteiger partial charge is 0.0864 e. The minimum Gasteiger partial charge on any atom is -0.0864 e. The Bertz CT molecular complexity index is 86.9. The van der Waals surface area contributed by atoms with Gasteiger partial charge in [0.1, 0.15) is 0 Å². The van der Waals surface area contributed by atoms with Crippen molar-refractivity contribution < 1.29 is 0 Å². The van der Waals surface area contributed by atoms with Crippen molar-refractivity contribution in [2.45, 2.75) is 52.9 Å². The summed E-state index contributed by atoms with van der Waals surface area (Å²) in [4.78, 5) is 0. The molecule has 0 aliphatic heterocycles. The molecule has 0 atom stereocenters. The highest BCUT2D eigenvalue weighted by Gasteiger charge is 2.15. The van der Waals surface area contributed by atoms with Crippen LogP contribution in [-0.2, 0) is 0 Å². The highest BCUT2D eigenvalue weighted by molar-refractivity contribution is 14.1. The van der Waals surface area contributed by atoms with E-state index in [-0.39, 0.29) is 0 Å². The molecule has 0 fully saturated rings. The van der Waals surface area contributed by atoms with Crippen LogP contribution < -0.4 is 0 Å². The van der Waals surface area contributed by atoms with Crippen LogP contribution in [0.4, 0.5) is 0 Å². The van der Waals surface area contributed by atoms with Crippen molar-refractivity contribution >= 4 is 22.6 Å². The first-order valence-corrected chi connectivity index (χ1v) is 6.21. The van der Waals surface area contributed by atoms with Crippen LogP contribution in [0.5, 0.6) is 0 Å². The third kappa shape index (κ3) is 7.10. The van der Waals surface area contributed by atoms with Crippen molar-refractivity contribution in [2.24, 2.45) is 5.41 Å². The monoisotopic (exact) mass is 268 g/mol. The molecule has 0 aliphatic carbocycles. The SMILES string of the molecule is CCCCCC(C)(C)CCI. The number of halogens is 1. The van der Waals surface area contributed by atoms with E-state index >= 15 is 0 Å². The van der Waals surface area contributed by atoms with Crippen molar-refractivity contribution in [1.82, 2.24) is 0 Å². The molecule has 0 saturated heterocycles. The predicted octanol–water partition coefficient (Wildman–Crippen LogP) is 4.42. The molecule has 0 bridgehead atoms. The first-order valence-electron chi connectivity index (χ1n) is 4.68. The second-order valence-electron chi connectivity index (χ2n) is 4.06. The summed E-state index contributed by atoms with van der Waals surface area (Å²) in [5, 5.41) is 0. The molecular weight excluding hydrogens is 247 g/mol. The van der Waals surface area contributed by atoms with E-state index in [0.29, 0.717) is 5.41 Å². The molecule has 0 heterocycles. The van der Waals surface area contributed by atoms with Crippen LogP contribution in [0.1, 0.15) is 52.9 Å². The van der Waals surface area contributed by atoms with Crippen LogP contribution in [0.2, 0.25) is 0 Å². The Kier molecular flexibility index (Phi) is 6.68. The van der Waals surface area contributed by atoms with Crippen molar-refractivity contribution in [2.75, 3.05) is 4.43 Å². The van der Waals surface area contributed by atoms with Gasteiger partial charge in [-0.3, -0.25) is 0 Å². The average molecular weight is 268 g/mol. The zero-order valence-electron chi connectivity index (χ0n) is 8.12. The van der Waals surface area contributed by atoms with Crippen molar-refractivity contribution in [3.63, 3.8) is 0 Å². The van der Waals surface area contributed by atoms with Crippen LogP contribution in [0.15, 0.2) is 0 Å². The van der Waals surface area contributed by atoms with Gasteiger partial charge in [0, 0.05) is 4.43 Å². The van der Waals surface area contributed by atoms with Crippen LogP contribution in [0.25, 0.3) is 0 Å². The average Bonchev–Trinajstić information content (AvgIpc) is 1.87. The maximum absolute atomic E-state index is 2.47. The van der Waals surface area contributed by atoms with Crippen molar-refractivity contribution in [3.8, 4) is 0 Å². The lowest BCUT2D eigenvalue weighted by atomic mass is 9.84. The second kappa shape index (κ2) is 6.27. The van der Waals surface area contributed by atoms with Crippen LogP contribution in [0.3, 0.4) is 0 Å². The Morgan fingerprint density at radius 3 is 2.18 bits per heavy atom. The van der Waals surface area contributed by atoms with Gasteiger partial charge in [-0.2, -0.15) is 0 Å². The molecule has 0 aromatic carbocycles. The fraction of sp³-hybridized carbons (Fsp3) is 1.00. The van der Waals surface area contributed by atoms with Gasteiger partial charge in [0.15, 0.2) is 0 Å². The third-order valence-electron chi connectivity index (χ3n) is 2.23. The Morgan fingerprint density at radius 2 is 1.73 bits per heavy atom. The van der Waals surface area contributed by atoms with Gasteiger partial charge in [0.05, 0.1) is 0 Å². The summed E-state index contributed by atoms with van der Waals surface area (Å²) < 4.78 is 1.30. The Labute approximate surface area is 85.3 Å². The van der Waals surface area contributed by atoms with Gasteiger partial charge < -0.3 is 0 Å². The lowest BCUT2D eigenvalue weighted by Crippen LogP contribution is -2.11. The number of rotatable bonds is 6. The summed E-state index contributed by atoms with van der Waals surface area (Å²) >= 11 is 2.47. The molecule has 0 unspecified atom stereocenters. The third-order valence-corrected chi connectivity index (χ3v) is 2.77. The summed E-state index contributed by atoms with van der Waals surface area (Å²) in [6.07, 6.45) is 6.95. The smallest absolute Gasteiger partial charge is 0.0000352 e. The molecule has 0 N–H and O–H groups in total. The molecule has 0 nitrogen and oxygen atoms in total. The normalized spacial score (nSPS) is 12.0. The quantitative estimate of drug-likeness (QED) is 0.380. The first kappa shape index (κ1) is 11.7.